The fraction of sp³-hybridized carbons (Fsp3) is 0.222. The summed E-state index contributed by atoms with van der Waals surface area (Å²) in [6.45, 7) is 4.27. The van der Waals surface area contributed by atoms with Gasteiger partial charge >= 0.3 is 0 Å². The zero-order valence-corrected chi connectivity index (χ0v) is 27.1. The predicted molar refractivity (Wildman–Crippen MR) is 171 cm³/mol. The summed E-state index contributed by atoms with van der Waals surface area (Å²) in [5.74, 6) is -2.80. The Morgan fingerprint density at radius 1 is 0.902 bits per heavy atom. The van der Waals surface area contributed by atoms with Crippen LogP contribution in [0.5, 0.6) is 0 Å². The quantitative estimate of drug-likeness (QED) is 0.134. The van der Waals surface area contributed by atoms with E-state index in [9.17, 15) is 0 Å². The van der Waals surface area contributed by atoms with E-state index in [4.69, 9.17) is 14.0 Å². The van der Waals surface area contributed by atoms with Crippen LogP contribution in [0.25, 0.3) is 44.5 Å². The molecule has 0 fully saturated rings. The van der Waals surface area contributed by atoms with Crippen LogP contribution in [-0.4, -0.2) is 18.0 Å². The molecular weight excluding hydrogens is 697 g/mol. The van der Waals surface area contributed by atoms with Crippen LogP contribution in [0, 0.1) is 26.0 Å². The molecule has 211 valence electrons. The summed E-state index contributed by atoms with van der Waals surface area (Å²) in [6.07, 6.45) is 3.07. The van der Waals surface area contributed by atoms with Crippen molar-refractivity contribution in [2.24, 2.45) is 0 Å². The Morgan fingerprint density at radius 2 is 1.66 bits per heavy atom. The van der Waals surface area contributed by atoms with Gasteiger partial charge in [-0.15, -0.1) is 53.2 Å². The van der Waals surface area contributed by atoms with Crippen molar-refractivity contribution in [3.05, 3.63) is 114 Å². The molecular formula is C36H36IrN2OSi-2. The van der Waals surface area contributed by atoms with Crippen molar-refractivity contribution in [1.29, 1.82) is 0 Å². The molecule has 3 aromatic carbocycles. The van der Waals surface area contributed by atoms with E-state index in [-0.39, 0.29) is 25.7 Å². The molecule has 0 spiro atoms. The van der Waals surface area contributed by atoms with Gasteiger partial charge in [-0.2, -0.15) is 0 Å². The van der Waals surface area contributed by atoms with E-state index in [2.05, 4.69) is 47.8 Å². The molecule has 5 heteroatoms. The molecule has 3 aromatic heterocycles. The Kier molecular flexibility index (Phi) is 6.86. The third-order valence-corrected chi connectivity index (χ3v) is 8.80. The number of aromatic nitrogens is 2. The van der Waals surface area contributed by atoms with Crippen LogP contribution in [0.2, 0.25) is 19.6 Å². The second kappa shape index (κ2) is 12.6. The number of nitrogens with zero attached hydrogens (tertiary/aromatic N) is 2. The van der Waals surface area contributed by atoms with Crippen molar-refractivity contribution < 1.29 is 34.1 Å². The van der Waals surface area contributed by atoms with E-state index in [1.165, 1.54) is 16.9 Å². The smallest absolute Gasteiger partial charge is 0.120 e. The molecule has 0 saturated carbocycles. The minimum absolute atomic E-state index is 0. The van der Waals surface area contributed by atoms with E-state index < -0.39 is 27.7 Å². The Morgan fingerprint density at radius 3 is 2.32 bits per heavy atom. The van der Waals surface area contributed by atoms with Gasteiger partial charge in [-0.05, 0) is 48.3 Å². The van der Waals surface area contributed by atoms with Gasteiger partial charge < -0.3 is 14.4 Å². The number of aryl methyl sites for hydroxylation is 2. The summed E-state index contributed by atoms with van der Waals surface area (Å²) in [4.78, 5) is 8.73. The number of hydrogen-bond donors (Lipinski definition) is 0. The fourth-order valence-electron chi connectivity index (χ4n) is 4.69. The topological polar surface area (TPSA) is 38.9 Å². The molecule has 41 heavy (non-hydrogen) atoms. The van der Waals surface area contributed by atoms with E-state index in [1.54, 1.807) is 13.0 Å². The monoisotopic (exact) mass is 740 g/mol. The second-order valence-electron chi connectivity index (χ2n) is 10.9. The van der Waals surface area contributed by atoms with Gasteiger partial charge in [0.2, 0.25) is 0 Å². The zero-order valence-electron chi connectivity index (χ0n) is 30.7. The van der Waals surface area contributed by atoms with Gasteiger partial charge in [0.25, 0.3) is 0 Å². The van der Waals surface area contributed by atoms with Crippen molar-refractivity contribution >= 4 is 35.2 Å². The maximum absolute atomic E-state index is 8.49. The summed E-state index contributed by atoms with van der Waals surface area (Å²) < 4.78 is 61.5. The summed E-state index contributed by atoms with van der Waals surface area (Å²) in [5.41, 5.74) is 5.90. The largest absolute Gasteiger partial charge is 0.501 e. The molecule has 0 unspecified atom stereocenters. The zero-order chi connectivity index (χ0) is 34.4. The first kappa shape index (κ1) is 22.3. The molecule has 0 amide bonds. The van der Waals surface area contributed by atoms with Crippen LogP contribution in [0.4, 0.5) is 0 Å². The summed E-state index contributed by atoms with van der Waals surface area (Å²) in [6, 6.07) is 29.8. The van der Waals surface area contributed by atoms with E-state index >= 15 is 0 Å². The molecule has 0 aliphatic rings. The number of para-hydroxylation sites is 1. The molecule has 0 aliphatic heterocycles. The van der Waals surface area contributed by atoms with Crippen LogP contribution >= 0.6 is 0 Å². The molecule has 0 N–H and O–H groups in total. The second-order valence-corrected chi connectivity index (χ2v) is 15.9. The average molecular weight is 740 g/mol. The first-order valence-corrected chi connectivity index (χ1v) is 16.7. The Bertz CT molecular complexity index is 2020. The van der Waals surface area contributed by atoms with Gasteiger partial charge in [0.15, 0.2) is 0 Å². The maximum Gasteiger partial charge on any atom is 0.120 e. The molecule has 6 aromatic rings. The molecule has 0 saturated heterocycles. The molecule has 0 bridgehead atoms. The van der Waals surface area contributed by atoms with Crippen molar-refractivity contribution in [1.82, 2.24) is 9.97 Å². The van der Waals surface area contributed by atoms with Gasteiger partial charge in [-0.3, -0.25) is 0 Å². The standard InChI is InChI=1S/C24H26NOSi.C12H10N.Ir/c1-15(2)19-14-25-20(13-16(19)3)17-11-12-22(27(4,5)6)23-18-9-7-8-10-21(18)26-24(17)23;1-10-7-8-12(13-9-10)11-5-3-2-4-6-11;/h7-10,12-15H,1-6H3;2-5,7-9H,1H3;/q2*-1;/i1D3,2D3,15D;;. The van der Waals surface area contributed by atoms with Gasteiger partial charge in [-0.25, -0.2) is 0 Å². The minimum atomic E-state index is -3.07. The number of rotatable bonds is 4. The van der Waals surface area contributed by atoms with Crippen LogP contribution in [0.3, 0.4) is 0 Å². The maximum atomic E-state index is 8.49. The summed E-state index contributed by atoms with van der Waals surface area (Å²) in [5, 5.41) is 3.24. The number of furan rings is 1. The van der Waals surface area contributed by atoms with Gasteiger partial charge in [-0.1, -0.05) is 86.3 Å². The van der Waals surface area contributed by atoms with Gasteiger partial charge in [0.1, 0.15) is 5.58 Å². The van der Waals surface area contributed by atoms with Gasteiger partial charge in [0, 0.05) is 55.6 Å². The molecule has 0 atom stereocenters. The Hall–Kier alpha value is -3.37. The molecule has 0 aliphatic carbocycles. The van der Waals surface area contributed by atoms with Crippen molar-refractivity contribution in [3.63, 3.8) is 0 Å². The summed E-state index contributed by atoms with van der Waals surface area (Å²) >= 11 is 0. The van der Waals surface area contributed by atoms with Gasteiger partial charge in [0.05, 0.1) is 5.58 Å². The first-order valence-electron chi connectivity index (χ1n) is 16.7. The normalized spacial score (nSPS) is 14.7. The molecule has 1 radical (unpaired) electrons. The molecule has 6 rings (SSSR count). The molecule has 3 nitrogen and oxygen atoms in total. The minimum Gasteiger partial charge on any atom is -0.501 e. The van der Waals surface area contributed by atoms with E-state index in [0.29, 0.717) is 22.4 Å². The predicted octanol–water partition coefficient (Wildman–Crippen LogP) is 9.28. The van der Waals surface area contributed by atoms with Crippen molar-refractivity contribution in [2.45, 2.75) is 53.1 Å². The first-order chi connectivity index (χ1) is 21.9. The van der Waals surface area contributed by atoms with Crippen molar-refractivity contribution in [3.8, 4) is 22.5 Å². The van der Waals surface area contributed by atoms with Crippen LogP contribution in [0.1, 0.15) is 45.9 Å². The van der Waals surface area contributed by atoms with Crippen LogP contribution in [-0.2, 0) is 20.1 Å². The van der Waals surface area contributed by atoms with Crippen LogP contribution in [0.15, 0.2) is 89.6 Å². The summed E-state index contributed by atoms with van der Waals surface area (Å²) in [7, 11) is -1.75. The number of pyridine rings is 2. The van der Waals surface area contributed by atoms with E-state index in [0.717, 1.165) is 27.6 Å². The average Bonchev–Trinajstić information content (AvgIpc) is 3.39. The molecule has 3 heterocycles. The van der Waals surface area contributed by atoms with Crippen LogP contribution < -0.4 is 5.19 Å². The number of benzene rings is 3. The fourth-order valence-corrected chi connectivity index (χ4v) is 6.19. The third-order valence-electron chi connectivity index (χ3n) is 6.79. The number of hydrogen-bond acceptors (Lipinski definition) is 3. The SMILES string of the molecule is Cc1ccc(-c2[c-]cccc2)nc1.[2H]C([2H])([2H])C([2H])(c1cnc(-c2[c-]cc([Si](C)(C)C)c3c2oc2ccccc23)cc1C)C([2H])([2H])[2H].[Ir]. The Labute approximate surface area is 268 Å². The third kappa shape index (κ3) is 6.59. The Balaban J connectivity index is 0.000000310. The van der Waals surface area contributed by atoms with E-state index in [1.807, 2.05) is 73.8 Å². The number of fused-ring (bicyclic) bond motifs is 3. The van der Waals surface area contributed by atoms with Crippen molar-refractivity contribution in [2.75, 3.05) is 0 Å².